The minimum Gasteiger partial charge on any atom is -0.361 e. The van der Waals surface area contributed by atoms with Gasteiger partial charge < -0.3 is 10.7 Å². The fourth-order valence-electron chi connectivity index (χ4n) is 3.35. The van der Waals surface area contributed by atoms with E-state index in [1.165, 1.54) is 43.1 Å². The molecule has 0 radical (unpaired) electrons. The lowest BCUT2D eigenvalue weighted by Gasteiger charge is -2.36. The molecule has 1 aliphatic rings. The van der Waals surface area contributed by atoms with Gasteiger partial charge in [-0.15, -0.1) is 0 Å². The van der Waals surface area contributed by atoms with Gasteiger partial charge in [-0.3, -0.25) is 0 Å². The molecule has 1 aromatic carbocycles. The zero-order valence-corrected chi connectivity index (χ0v) is 11.3. The van der Waals surface area contributed by atoms with Gasteiger partial charge in [0, 0.05) is 34.1 Å². The molecule has 1 saturated carbocycles. The Morgan fingerprint density at radius 1 is 1.22 bits per heavy atom. The molecule has 1 heterocycles. The van der Waals surface area contributed by atoms with Crippen LogP contribution in [0.5, 0.6) is 0 Å². The molecule has 18 heavy (non-hydrogen) atoms. The normalized spacial score (nSPS) is 19.2. The topological polar surface area (TPSA) is 41.8 Å². The lowest BCUT2D eigenvalue weighted by atomic mass is 9.69. The standard InChI is InChI=1S/C15H19ClN2/c16-11-4-5-12-13(9-18-14(12)8-11)15(10-17)6-2-1-3-7-15/h4-5,8-9,18H,1-3,6-7,10,17H2. The number of nitrogens with one attached hydrogen (secondary N) is 1. The molecule has 0 amide bonds. The average Bonchev–Trinajstić information content (AvgIpc) is 2.83. The Hall–Kier alpha value is -0.990. The van der Waals surface area contributed by atoms with Crippen LogP contribution in [-0.4, -0.2) is 11.5 Å². The van der Waals surface area contributed by atoms with Crippen molar-refractivity contribution in [3.05, 3.63) is 35.0 Å². The van der Waals surface area contributed by atoms with Crippen LogP contribution in [0.3, 0.4) is 0 Å². The summed E-state index contributed by atoms with van der Waals surface area (Å²) >= 11 is 6.04. The maximum atomic E-state index is 6.11. The van der Waals surface area contributed by atoms with Gasteiger partial charge in [0.25, 0.3) is 0 Å². The van der Waals surface area contributed by atoms with E-state index in [1.807, 2.05) is 12.1 Å². The Morgan fingerprint density at radius 3 is 2.72 bits per heavy atom. The van der Waals surface area contributed by atoms with E-state index in [1.54, 1.807) is 0 Å². The van der Waals surface area contributed by atoms with Crippen LogP contribution < -0.4 is 5.73 Å². The van der Waals surface area contributed by atoms with Gasteiger partial charge >= 0.3 is 0 Å². The van der Waals surface area contributed by atoms with Crippen molar-refractivity contribution >= 4 is 22.5 Å². The number of aromatic nitrogens is 1. The van der Waals surface area contributed by atoms with Crippen LogP contribution in [0.15, 0.2) is 24.4 Å². The second-order valence-corrected chi connectivity index (χ2v) is 5.87. The highest BCUT2D eigenvalue weighted by Gasteiger charge is 2.34. The maximum Gasteiger partial charge on any atom is 0.0471 e. The van der Waals surface area contributed by atoms with Crippen LogP contribution >= 0.6 is 11.6 Å². The number of hydrogen-bond acceptors (Lipinski definition) is 1. The van der Waals surface area contributed by atoms with E-state index >= 15 is 0 Å². The lowest BCUT2D eigenvalue weighted by Crippen LogP contribution is -2.36. The Kier molecular flexibility index (Phi) is 3.08. The van der Waals surface area contributed by atoms with Gasteiger partial charge in [-0.2, -0.15) is 0 Å². The van der Waals surface area contributed by atoms with Gasteiger partial charge in [-0.25, -0.2) is 0 Å². The monoisotopic (exact) mass is 262 g/mol. The van der Waals surface area contributed by atoms with Crippen LogP contribution in [-0.2, 0) is 5.41 Å². The quantitative estimate of drug-likeness (QED) is 0.845. The zero-order chi connectivity index (χ0) is 12.6. The molecule has 0 bridgehead atoms. The molecule has 3 N–H and O–H groups in total. The van der Waals surface area contributed by atoms with Gasteiger partial charge in [0.2, 0.25) is 0 Å². The third-order valence-corrected chi connectivity index (χ3v) is 4.65. The molecule has 0 atom stereocenters. The van der Waals surface area contributed by atoms with Crippen molar-refractivity contribution in [3.8, 4) is 0 Å². The largest absolute Gasteiger partial charge is 0.361 e. The van der Waals surface area contributed by atoms with Crippen LogP contribution in [0.1, 0.15) is 37.7 Å². The summed E-state index contributed by atoms with van der Waals surface area (Å²) < 4.78 is 0. The van der Waals surface area contributed by atoms with Gasteiger partial charge in [0.1, 0.15) is 0 Å². The number of aromatic amines is 1. The Bertz CT molecular complexity index is 553. The Balaban J connectivity index is 2.12. The maximum absolute atomic E-state index is 6.11. The number of hydrogen-bond donors (Lipinski definition) is 2. The molecule has 0 aliphatic heterocycles. The third-order valence-electron chi connectivity index (χ3n) is 4.42. The predicted octanol–water partition coefficient (Wildman–Crippen LogP) is 3.98. The number of fused-ring (bicyclic) bond motifs is 1. The van der Waals surface area contributed by atoms with E-state index in [0.717, 1.165) is 17.1 Å². The molecule has 96 valence electrons. The minimum atomic E-state index is 0.171. The number of rotatable bonds is 2. The highest BCUT2D eigenvalue weighted by Crippen LogP contribution is 2.41. The van der Waals surface area contributed by atoms with Crippen molar-refractivity contribution in [2.24, 2.45) is 5.73 Å². The molecular weight excluding hydrogens is 244 g/mol. The summed E-state index contributed by atoms with van der Waals surface area (Å²) in [6.07, 6.45) is 8.47. The fourth-order valence-corrected chi connectivity index (χ4v) is 3.52. The second-order valence-electron chi connectivity index (χ2n) is 5.44. The molecule has 1 fully saturated rings. The number of H-pyrrole nitrogens is 1. The SMILES string of the molecule is NCC1(c2c[nH]c3cc(Cl)ccc23)CCCCC1. The van der Waals surface area contributed by atoms with Crippen LogP contribution in [0, 0.1) is 0 Å². The van der Waals surface area contributed by atoms with E-state index in [9.17, 15) is 0 Å². The molecule has 1 aromatic heterocycles. The summed E-state index contributed by atoms with van der Waals surface area (Å²) in [6, 6.07) is 6.08. The molecule has 3 rings (SSSR count). The molecule has 0 spiro atoms. The molecular formula is C15H19ClN2. The summed E-state index contributed by atoms with van der Waals surface area (Å²) in [4.78, 5) is 3.35. The molecule has 2 nitrogen and oxygen atoms in total. The molecule has 0 saturated heterocycles. The smallest absolute Gasteiger partial charge is 0.0471 e. The highest BCUT2D eigenvalue weighted by atomic mass is 35.5. The van der Waals surface area contributed by atoms with Crippen molar-refractivity contribution in [2.45, 2.75) is 37.5 Å². The second kappa shape index (κ2) is 4.60. The van der Waals surface area contributed by atoms with E-state index in [4.69, 9.17) is 17.3 Å². The van der Waals surface area contributed by atoms with Crippen molar-refractivity contribution < 1.29 is 0 Å². The van der Waals surface area contributed by atoms with Gasteiger partial charge in [0.15, 0.2) is 0 Å². The highest BCUT2D eigenvalue weighted by molar-refractivity contribution is 6.31. The molecule has 1 aliphatic carbocycles. The van der Waals surface area contributed by atoms with E-state index in [2.05, 4.69) is 17.2 Å². The van der Waals surface area contributed by atoms with Crippen LogP contribution in [0.2, 0.25) is 5.02 Å². The number of benzene rings is 1. The predicted molar refractivity (Wildman–Crippen MR) is 77.1 cm³/mol. The summed E-state index contributed by atoms with van der Waals surface area (Å²) in [6.45, 7) is 0.739. The third kappa shape index (κ3) is 1.84. The first kappa shape index (κ1) is 12.1. The van der Waals surface area contributed by atoms with E-state index < -0.39 is 0 Å². The van der Waals surface area contributed by atoms with Crippen molar-refractivity contribution in [1.29, 1.82) is 0 Å². The molecule has 0 unspecified atom stereocenters. The first-order chi connectivity index (χ1) is 8.75. The Morgan fingerprint density at radius 2 is 2.00 bits per heavy atom. The fraction of sp³-hybridized carbons (Fsp3) is 0.467. The summed E-state index contributed by atoms with van der Waals surface area (Å²) in [5.74, 6) is 0. The summed E-state index contributed by atoms with van der Waals surface area (Å²) in [5, 5.41) is 2.06. The van der Waals surface area contributed by atoms with Crippen molar-refractivity contribution in [2.75, 3.05) is 6.54 Å². The number of nitrogens with two attached hydrogens (primary N) is 1. The van der Waals surface area contributed by atoms with Gasteiger partial charge in [0.05, 0.1) is 0 Å². The Labute approximate surface area is 113 Å². The minimum absolute atomic E-state index is 0.171. The lowest BCUT2D eigenvalue weighted by molar-refractivity contribution is 0.303. The van der Waals surface area contributed by atoms with Gasteiger partial charge in [-0.05, 0) is 30.5 Å². The van der Waals surface area contributed by atoms with Crippen molar-refractivity contribution in [1.82, 2.24) is 4.98 Å². The van der Waals surface area contributed by atoms with Crippen LogP contribution in [0.25, 0.3) is 10.9 Å². The summed E-state index contributed by atoms with van der Waals surface area (Å²) in [5.41, 5.74) is 8.79. The first-order valence-electron chi connectivity index (χ1n) is 6.72. The van der Waals surface area contributed by atoms with E-state index in [0.29, 0.717) is 0 Å². The van der Waals surface area contributed by atoms with Crippen LogP contribution in [0.4, 0.5) is 0 Å². The average molecular weight is 263 g/mol. The van der Waals surface area contributed by atoms with Gasteiger partial charge in [-0.1, -0.05) is 36.9 Å². The zero-order valence-electron chi connectivity index (χ0n) is 10.5. The van der Waals surface area contributed by atoms with Crippen molar-refractivity contribution in [3.63, 3.8) is 0 Å². The number of halogens is 1. The van der Waals surface area contributed by atoms with E-state index in [-0.39, 0.29) is 5.41 Å². The first-order valence-corrected chi connectivity index (χ1v) is 7.10. The molecule has 2 aromatic rings. The summed E-state index contributed by atoms with van der Waals surface area (Å²) in [7, 11) is 0. The molecule has 3 heteroatoms.